The Morgan fingerprint density at radius 2 is 1.53 bits per heavy atom. The number of aryl methyl sites for hydroxylation is 1. The Labute approximate surface area is 199 Å². The molecule has 0 aromatic heterocycles. The van der Waals surface area contributed by atoms with E-state index < -0.39 is 18.1 Å². The summed E-state index contributed by atoms with van der Waals surface area (Å²) in [6.07, 6.45) is 0.961. The first-order valence-electron chi connectivity index (χ1n) is 11.8. The smallest absolute Gasteiger partial charge is 0.266 e. The number of hydroxylamine groups is 1. The number of para-hydroxylation sites is 1. The highest BCUT2D eigenvalue weighted by atomic mass is 16.7. The van der Waals surface area contributed by atoms with E-state index >= 15 is 0 Å². The maximum atomic E-state index is 13.7. The topological polar surface area (TPSA) is 59.1 Å². The molecular weight excluding hydrogens is 428 g/mol. The van der Waals surface area contributed by atoms with Gasteiger partial charge in [-0.2, -0.15) is 0 Å². The summed E-state index contributed by atoms with van der Waals surface area (Å²) < 4.78 is 5.64. The quantitative estimate of drug-likeness (QED) is 0.464. The third kappa shape index (κ3) is 3.84. The number of amides is 2. The van der Waals surface area contributed by atoms with Crippen molar-refractivity contribution in [2.45, 2.75) is 38.8 Å². The van der Waals surface area contributed by atoms with Gasteiger partial charge < -0.3 is 4.74 Å². The highest BCUT2D eigenvalue weighted by Gasteiger charge is 2.60. The van der Waals surface area contributed by atoms with Crippen LogP contribution < -0.4 is 14.7 Å². The van der Waals surface area contributed by atoms with Crippen molar-refractivity contribution in [1.82, 2.24) is 0 Å². The highest BCUT2D eigenvalue weighted by molar-refractivity contribution is 6.23. The van der Waals surface area contributed by atoms with Gasteiger partial charge in [-0.3, -0.25) is 14.4 Å². The number of benzene rings is 3. The second kappa shape index (κ2) is 9.31. The zero-order chi connectivity index (χ0) is 23.7. The van der Waals surface area contributed by atoms with Crippen LogP contribution in [-0.4, -0.2) is 24.5 Å². The number of carbonyl (C=O) groups excluding carboxylic acids is 2. The largest absolute Gasteiger partial charge is 0.494 e. The molecule has 0 spiro atoms. The molecule has 2 heterocycles. The van der Waals surface area contributed by atoms with E-state index in [9.17, 15) is 9.59 Å². The number of imide groups is 1. The molecule has 0 unspecified atom stereocenters. The molecule has 0 saturated carbocycles. The van der Waals surface area contributed by atoms with Gasteiger partial charge >= 0.3 is 0 Å². The maximum Gasteiger partial charge on any atom is 0.266 e. The molecule has 2 amide bonds. The molecule has 2 saturated heterocycles. The van der Waals surface area contributed by atoms with Crippen molar-refractivity contribution in [3.8, 4) is 5.75 Å². The summed E-state index contributed by atoms with van der Waals surface area (Å²) in [6, 6.07) is 24.5. The molecule has 3 atom stereocenters. The van der Waals surface area contributed by atoms with Crippen LogP contribution in [0, 0.1) is 5.92 Å². The van der Waals surface area contributed by atoms with E-state index in [1.54, 1.807) is 29.3 Å². The van der Waals surface area contributed by atoms with Gasteiger partial charge in [-0.25, -0.2) is 9.96 Å². The summed E-state index contributed by atoms with van der Waals surface area (Å²) in [6.45, 7) is 4.77. The predicted molar refractivity (Wildman–Crippen MR) is 131 cm³/mol. The zero-order valence-electron chi connectivity index (χ0n) is 19.4. The van der Waals surface area contributed by atoms with Crippen molar-refractivity contribution in [2.75, 3.05) is 16.6 Å². The third-order valence-electron chi connectivity index (χ3n) is 6.42. The molecule has 174 valence electrons. The fourth-order valence-electron chi connectivity index (χ4n) is 4.67. The Bertz CT molecular complexity index is 1160. The second-order valence-electron chi connectivity index (χ2n) is 8.61. The lowest BCUT2D eigenvalue weighted by molar-refractivity contribution is -0.126. The standard InChI is InChI=1S/C28H28N2O4/c1-3-18-33-23-16-14-21(15-17-23)29-27(31)24-25(20-12-10-19(4-2)11-13-20)30(34-26(24)28(29)32)22-8-6-5-7-9-22/h5-17,24-26H,3-4,18H2,1-2H3/t24-,25-,26-/m0/s1. The van der Waals surface area contributed by atoms with Gasteiger partial charge in [-0.05, 0) is 60.4 Å². The summed E-state index contributed by atoms with van der Waals surface area (Å²) in [7, 11) is 0. The van der Waals surface area contributed by atoms with E-state index in [2.05, 4.69) is 19.1 Å². The van der Waals surface area contributed by atoms with Crippen molar-refractivity contribution in [3.05, 3.63) is 90.0 Å². The average molecular weight is 457 g/mol. The van der Waals surface area contributed by atoms with Gasteiger partial charge in [-0.1, -0.05) is 56.3 Å². The van der Waals surface area contributed by atoms with Crippen molar-refractivity contribution in [1.29, 1.82) is 0 Å². The van der Waals surface area contributed by atoms with Gasteiger partial charge in [0.25, 0.3) is 5.91 Å². The molecule has 0 aliphatic carbocycles. The SMILES string of the molecule is CCCOc1ccc(N2C(=O)[C@@H]3[C@H](ON(c4ccccc4)[C@H]3c3ccc(CC)cc3)C2=O)cc1. The van der Waals surface area contributed by atoms with Crippen molar-refractivity contribution in [2.24, 2.45) is 5.92 Å². The fraction of sp³-hybridized carbons (Fsp3) is 0.286. The van der Waals surface area contributed by atoms with E-state index in [0.717, 1.165) is 24.1 Å². The number of fused-ring (bicyclic) bond motifs is 1. The predicted octanol–water partition coefficient (Wildman–Crippen LogP) is 5.09. The Morgan fingerprint density at radius 3 is 2.18 bits per heavy atom. The molecule has 0 bridgehead atoms. The molecule has 2 aliphatic heterocycles. The Morgan fingerprint density at radius 1 is 0.824 bits per heavy atom. The minimum Gasteiger partial charge on any atom is -0.494 e. The van der Waals surface area contributed by atoms with Gasteiger partial charge in [-0.15, -0.1) is 0 Å². The van der Waals surface area contributed by atoms with Crippen molar-refractivity contribution >= 4 is 23.2 Å². The van der Waals surface area contributed by atoms with Crippen molar-refractivity contribution in [3.63, 3.8) is 0 Å². The minimum absolute atomic E-state index is 0.250. The molecular formula is C28H28N2O4. The first kappa shape index (κ1) is 22.2. The fourth-order valence-corrected chi connectivity index (χ4v) is 4.67. The summed E-state index contributed by atoms with van der Waals surface area (Å²) in [5.41, 5.74) is 3.50. The van der Waals surface area contributed by atoms with E-state index in [-0.39, 0.29) is 11.8 Å². The third-order valence-corrected chi connectivity index (χ3v) is 6.42. The van der Waals surface area contributed by atoms with Crippen LogP contribution in [0.2, 0.25) is 0 Å². The first-order valence-corrected chi connectivity index (χ1v) is 11.8. The van der Waals surface area contributed by atoms with E-state index in [1.165, 1.54) is 10.5 Å². The molecule has 6 heteroatoms. The van der Waals surface area contributed by atoms with Gasteiger partial charge in [0.15, 0.2) is 6.10 Å². The van der Waals surface area contributed by atoms with Crippen LogP contribution >= 0.6 is 0 Å². The number of hydrogen-bond donors (Lipinski definition) is 0. The average Bonchev–Trinajstić information content (AvgIpc) is 3.39. The number of hydrogen-bond acceptors (Lipinski definition) is 5. The normalized spacial score (nSPS) is 21.8. The molecule has 6 nitrogen and oxygen atoms in total. The molecule has 3 aromatic rings. The summed E-state index contributed by atoms with van der Waals surface area (Å²) >= 11 is 0. The lowest BCUT2D eigenvalue weighted by Gasteiger charge is -2.29. The highest BCUT2D eigenvalue weighted by Crippen LogP contribution is 2.47. The molecule has 2 aliphatic rings. The maximum absolute atomic E-state index is 13.7. The summed E-state index contributed by atoms with van der Waals surface area (Å²) in [5, 5.41) is 1.73. The number of ether oxygens (including phenoxy) is 1. The lowest BCUT2D eigenvalue weighted by atomic mass is 9.90. The van der Waals surface area contributed by atoms with Gasteiger partial charge in [0, 0.05) is 0 Å². The first-order chi connectivity index (χ1) is 16.6. The molecule has 34 heavy (non-hydrogen) atoms. The lowest BCUT2D eigenvalue weighted by Crippen LogP contribution is -2.37. The Kier molecular flexibility index (Phi) is 6.07. The van der Waals surface area contributed by atoms with Crippen LogP contribution in [-0.2, 0) is 20.8 Å². The van der Waals surface area contributed by atoms with E-state index in [0.29, 0.717) is 18.0 Å². The van der Waals surface area contributed by atoms with Crippen molar-refractivity contribution < 1.29 is 19.2 Å². The van der Waals surface area contributed by atoms with Crippen LogP contribution in [0.15, 0.2) is 78.9 Å². The molecule has 2 fully saturated rings. The van der Waals surface area contributed by atoms with Gasteiger partial charge in [0.1, 0.15) is 11.7 Å². The van der Waals surface area contributed by atoms with Crippen LogP contribution in [0.5, 0.6) is 5.75 Å². The zero-order valence-corrected chi connectivity index (χ0v) is 19.4. The number of rotatable bonds is 7. The molecule has 3 aromatic carbocycles. The van der Waals surface area contributed by atoms with Gasteiger partial charge in [0.05, 0.1) is 24.0 Å². The van der Waals surface area contributed by atoms with Crippen LogP contribution in [0.25, 0.3) is 0 Å². The summed E-state index contributed by atoms with van der Waals surface area (Å²) in [4.78, 5) is 34.6. The molecule has 0 N–H and O–H groups in total. The Balaban J connectivity index is 1.49. The monoisotopic (exact) mass is 456 g/mol. The van der Waals surface area contributed by atoms with Crippen LogP contribution in [0.3, 0.4) is 0 Å². The van der Waals surface area contributed by atoms with Crippen LogP contribution in [0.4, 0.5) is 11.4 Å². The number of anilines is 2. The minimum atomic E-state index is -0.875. The number of nitrogens with zero attached hydrogens (tertiary/aromatic N) is 2. The summed E-state index contributed by atoms with van der Waals surface area (Å²) in [5.74, 6) is -0.521. The van der Waals surface area contributed by atoms with Gasteiger partial charge in [0.2, 0.25) is 5.91 Å². The second-order valence-corrected chi connectivity index (χ2v) is 8.61. The number of carbonyl (C=O) groups is 2. The Hall–Kier alpha value is -3.64. The van der Waals surface area contributed by atoms with E-state index in [1.807, 2.05) is 49.4 Å². The molecule has 0 radical (unpaired) electrons. The van der Waals surface area contributed by atoms with E-state index in [4.69, 9.17) is 9.57 Å². The van der Waals surface area contributed by atoms with Crippen LogP contribution in [0.1, 0.15) is 37.4 Å². The molecule has 5 rings (SSSR count).